The average molecular weight is 266 g/mol. The molecule has 0 saturated heterocycles. The van der Waals surface area contributed by atoms with Crippen LogP contribution in [-0.2, 0) is 9.53 Å². The Balaban J connectivity index is 4.00. The molecule has 0 rings (SSSR count). The fourth-order valence-corrected chi connectivity index (χ4v) is 0.701. The minimum atomic E-state index is -0.248. The molecule has 0 aromatic carbocycles. The van der Waals surface area contributed by atoms with Gasteiger partial charge >= 0.3 is 5.97 Å². The van der Waals surface area contributed by atoms with Crippen molar-refractivity contribution in [2.75, 3.05) is 6.61 Å². The molecule has 0 aliphatic carbocycles. The molecule has 0 saturated carbocycles. The number of esters is 1. The van der Waals surface area contributed by atoms with Crippen molar-refractivity contribution in [3.05, 3.63) is 21.8 Å². The van der Waals surface area contributed by atoms with Crippen LogP contribution in [0.2, 0.25) is 0 Å². The Bertz CT molecular complexity index is 183. The lowest BCUT2D eigenvalue weighted by Gasteiger charge is -1.98. The van der Waals surface area contributed by atoms with Gasteiger partial charge in [0, 0.05) is 5.57 Å². The van der Waals surface area contributed by atoms with Crippen LogP contribution in [-0.4, -0.2) is 12.6 Å². The van der Waals surface area contributed by atoms with Crippen molar-refractivity contribution < 1.29 is 9.53 Å². The Morgan fingerprint density at radius 1 is 1.64 bits per heavy atom. The SMILES string of the molecule is CCOC(=O)/C(C)=C/C=C/I. The van der Waals surface area contributed by atoms with Gasteiger partial charge in [-0.1, -0.05) is 34.7 Å². The smallest absolute Gasteiger partial charge is 0.333 e. The van der Waals surface area contributed by atoms with Crippen molar-refractivity contribution in [3.8, 4) is 0 Å². The van der Waals surface area contributed by atoms with Gasteiger partial charge in [-0.15, -0.1) is 0 Å². The van der Waals surface area contributed by atoms with Gasteiger partial charge in [0.1, 0.15) is 0 Å². The maximum Gasteiger partial charge on any atom is 0.333 e. The third kappa shape index (κ3) is 5.01. The van der Waals surface area contributed by atoms with E-state index in [-0.39, 0.29) is 5.97 Å². The van der Waals surface area contributed by atoms with Crippen molar-refractivity contribution in [1.82, 2.24) is 0 Å². The Kier molecular flexibility index (Phi) is 6.21. The van der Waals surface area contributed by atoms with Gasteiger partial charge in [-0.05, 0) is 17.9 Å². The van der Waals surface area contributed by atoms with Gasteiger partial charge in [-0.3, -0.25) is 0 Å². The van der Waals surface area contributed by atoms with Crippen molar-refractivity contribution in [3.63, 3.8) is 0 Å². The summed E-state index contributed by atoms with van der Waals surface area (Å²) in [4.78, 5) is 10.9. The molecule has 0 unspecified atom stereocenters. The summed E-state index contributed by atoms with van der Waals surface area (Å²) in [6, 6.07) is 0. The van der Waals surface area contributed by atoms with Crippen LogP contribution in [0, 0.1) is 0 Å². The predicted molar refractivity (Wildman–Crippen MR) is 53.6 cm³/mol. The Morgan fingerprint density at radius 3 is 2.73 bits per heavy atom. The molecular weight excluding hydrogens is 255 g/mol. The topological polar surface area (TPSA) is 26.3 Å². The van der Waals surface area contributed by atoms with Crippen molar-refractivity contribution in [2.45, 2.75) is 13.8 Å². The van der Waals surface area contributed by atoms with Crippen LogP contribution in [0.1, 0.15) is 13.8 Å². The lowest BCUT2D eigenvalue weighted by molar-refractivity contribution is -0.138. The van der Waals surface area contributed by atoms with E-state index >= 15 is 0 Å². The molecule has 0 amide bonds. The zero-order chi connectivity index (χ0) is 8.69. The molecule has 0 N–H and O–H groups in total. The van der Waals surface area contributed by atoms with Gasteiger partial charge in [0.25, 0.3) is 0 Å². The van der Waals surface area contributed by atoms with Crippen LogP contribution < -0.4 is 0 Å². The second-order valence-corrected chi connectivity index (χ2v) is 2.61. The summed E-state index contributed by atoms with van der Waals surface area (Å²) in [5.41, 5.74) is 0.625. The third-order valence-electron chi connectivity index (χ3n) is 1.02. The van der Waals surface area contributed by atoms with E-state index < -0.39 is 0 Å². The molecule has 0 aliphatic heterocycles. The Hall–Kier alpha value is -0.320. The molecule has 0 heterocycles. The first-order chi connectivity index (χ1) is 5.22. The molecule has 2 nitrogen and oxygen atoms in total. The number of carbonyl (C=O) groups excluding carboxylic acids is 1. The fourth-order valence-electron chi connectivity index (χ4n) is 0.494. The molecule has 3 heteroatoms. The number of rotatable bonds is 3. The van der Waals surface area contributed by atoms with Crippen LogP contribution in [0.3, 0.4) is 0 Å². The minimum Gasteiger partial charge on any atom is -0.463 e. The first kappa shape index (κ1) is 10.7. The largest absolute Gasteiger partial charge is 0.463 e. The van der Waals surface area contributed by atoms with E-state index in [1.165, 1.54) is 0 Å². The number of ether oxygens (including phenoxy) is 1. The maximum atomic E-state index is 10.9. The first-order valence-corrected chi connectivity index (χ1v) is 4.57. The zero-order valence-corrected chi connectivity index (χ0v) is 8.79. The summed E-state index contributed by atoms with van der Waals surface area (Å²) in [7, 11) is 0. The minimum absolute atomic E-state index is 0.248. The number of carbonyl (C=O) groups is 1. The predicted octanol–water partition coefficient (Wildman–Crippen LogP) is 2.44. The molecule has 62 valence electrons. The molecule has 0 bridgehead atoms. The highest BCUT2D eigenvalue weighted by atomic mass is 127. The number of hydrogen-bond acceptors (Lipinski definition) is 2. The second-order valence-electron chi connectivity index (χ2n) is 1.89. The van der Waals surface area contributed by atoms with Gasteiger partial charge < -0.3 is 4.74 Å². The van der Waals surface area contributed by atoms with E-state index in [0.29, 0.717) is 12.2 Å². The maximum absolute atomic E-state index is 10.9. The molecule has 0 aromatic rings. The van der Waals surface area contributed by atoms with Gasteiger partial charge in [-0.25, -0.2) is 4.79 Å². The first-order valence-electron chi connectivity index (χ1n) is 3.33. The zero-order valence-electron chi connectivity index (χ0n) is 6.63. The summed E-state index contributed by atoms with van der Waals surface area (Å²) in [6.45, 7) is 3.95. The van der Waals surface area contributed by atoms with Crippen LogP contribution in [0.5, 0.6) is 0 Å². The van der Waals surface area contributed by atoms with E-state index in [2.05, 4.69) is 22.6 Å². The Morgan fingerprint density at radius 2 is 2.27 bits per heavy atom. The molecule has 0 aromatic heterocycles. The van der Waals surface area contributed by atoms with Crippen molar-refractivity contribution in [1.29, 1.82) is 0 Å². The van der Waals surface area contributed by atoms with Crippen LogP contribution in [0.15, 0.2) is 21.8 Å². The average Bonchev–Trinajstić information content (AvgIpc) is 2.00. The monoisotopic (exact) mass is 266 g/mol. The summed E-state index contributed by atoms with van der Waals surface area (Å²) < 4.78 is 6.59. The van der Waals surface area contributed by atoms with Gasteiger partial charge in [-0.2, -0.15) is 0 Å². The molecule has 0 radical (unpaired) electrons. The van der Waals surface area contributed by atoms with E-state index in [9.17, 15) is 4.79 Å². The lowest BCUT2D eigenvalue weighted by Crippen LogP contribution is -2.04. The second kappa shape index (κ2) is 6.39. The summed E-state index contributed by atoms with van der Waals surface area (Å²) in [5, 5.41) is 0. The molecule has 0 spiro atoms. The highest BCUT2D eigenvalue weighted by Gasteiger charge is 2.01. The van der Waals surface area contributed by atoms with Crippen molar-refractivity contribution >= 4 is 28.6 Å². The number of allylic oxidation sites excluding steroid dienone is 2. The molecule has 0 aliphatic rings. The highest BCUT2D eigenvalue weighted by molar-refractivity contribution is 14.1. The summed E-state index contributed by atoms with van der Waals surface area (Å²) >= 11 is 2.09. The quantitative estimate of drug-likeness (QED) is 0.339. The van der Waals surface area contributed by atoms with E-state index in [1.807, 2.05) is 4.08 Å². The molecular formula is C8H11IO2. The van der Waals surface area contributed by atoms with Crippen molar-refractivity contribution in [2.24, 2.45) is 0 Å². The third-order valence-corrected chi connectivity index (χ3v) is 1.43. The number of hydrogen-bond donors (Lipinski definition) is 0. The van der Waals surface area contributed by atoms with E-state index in [1.54, 1.807) is 26.0 Å². The summed E-state index contributed by atoms with van der Waals surface area (Å²) in [6.07, 6.45) is 3.53. The Labute approximate surface area is 80.5 Å². The fraction of sp³-hybridized carbons (Fsp3) is 0.375. The molecule has 11 heavy (non-hydrogen) atoms. The standard InChI is InChI=1S/C8H11IO2/c1-3-11-8(10)7(2)5-4-6-9/h4-6H,3H2,1-2H3/b6-4+,7-5+. The van der Waals surface area contributed by atoms with Crippen LogP contribution >= 0.6 is 22.6 Å². The van der Waals surface area contributed by atoms with E-state index in [4.69, 9.17) is 4.74 Å². The molecule has 0 atom stereocenters. The van der Waals surface area contributed by atoms with Crippen LogP contribution in [0.25, 0.3) is 0 Å². The number of halogens is 1. The lowest BCUT2D eigenvalue weighted by atomic mass is 10.3. The normalized spacial score (nSPS) is 12.1. The van der Waals surface area contributed by atoms with Gasteiger partial charge in [0.15, 0.2) is 0 Å². The van der Waals surface area contributed by atoms with E-state index in [0.717, 1.165) is 0 Å². The molecule has 0 fully saturated rings. The summed E-state index contributed by atoms with van der Waals surface area (Å²) in [5.74, 6) is -0.248. The van der Waals surface area contributed by atoms with Gasteiger partial charge in [0.2, 0.25) is 0 Å². The van der Waals surface area contributed by atoms with Crippen LogP contribution in [0.4, 0.5) is 0 Å². The highest BCUT2D eigenvalue weighted by Crippen LogP contribution is 1.97. The van der Waals surface area contributed by atoms with Gasteiger partial charge in [0.05, 0.1) is 6.61 Å².